The standard InChI is InChI=1S/C11H12FN2O8P/c12-7-4-14(11(18)13-8(7)15)5-1-2-6(3-5)22-10(9(16)17)23(19,20)21/h1-2,4-6,10H,3H2,(H,16,17)(H,13,15,18)(H2,19,20,21)/t5-,6?,10?/m0/s1. The molecule has 2 unspecified atom stereocenters. The second kappa shape index (κ2) is 6.20. The van der Waals surface area contributed by atoms with Crippen LogP contribution in [0.15, 0.2) is 27.9 Å². The van der Waals surface area contributed by atoms with Gasteiger partial charge in [-0.15, -0.1) is 0 Å². The molecule has 0 bridgehead atoms. The van der Waals surface area contributed by atoms with Gasteiger partial charge in [0.05, 0.1) is 18.3 Å². The number of ether oxygens (including phenoxy) is 1. The number of aromatic nitrogens is 2. The number of H-pyrrole nitrogens is 1. The number of carbonyl (C=O) groups is 1. The predicted molar refractivity (Wildman–Crippen MR) is 72.4 cm³/mol. The lowest BCUT2D eigenvalue weighted by Crippen LogP contribution is -2.34. The molecule has 4 N–H and O–H groups in total. The summed E-state index contributed by atoms with van der Waals surface area (Å²) in [6.07, 6.45) is 2.30. The molecule has 1 aliphatic rings. The Kier molecular flexibility index (Phi) is 4.66. The Hall–Kier alpha value is -2.07. The highest BCUT2D eigenvalue weighted by Crippen LogP contribution is 2.43. The van der Waals surface area contributed by atoms with Crippen LogP contribution in [0.3, 0.4) is 0 Å². The van der Waals surface area contributed by atoms with Gasteiger partial charge in [0.1, 0.15) is 0 Å². The number of carboxylic acids is 1. The number of hydrogen-bond donors (Lipinski definition) is 4. The topological polar surface area (TPSA) is 159 Å². The molecule has 0 spiro atoms. The fraction of sp³-hybridized carbons (Fsp3) is 0.364. The molecule has 1 heterocycles. The lowest BCUT2D eigenvalue weighted by molar-refractivity contribution is -0.147. The smallest absolute Gasteiger partial charge is 0.365 e. The molecule has 0 fully saturated rings. The van der Waals surface area contributed by atoms with Gasteiger partial charge in [-0.05, 0) is 0 Å². The molecule has 2 rings (SSSR count). The first kappa shape index (κ1) is 17.3. The zero-order chi connectivity index (χ0) is 17.4. The minimum Gasteiger partial charge on any atom is -0.479 e. The van der Waals surface area contributed by atoms with Crippen molar-refractivity contribution in [3.8, 4) is 0 Å². The molecule has 1 aromatic rings. The van der Waals surface area contributed by atoms with Crippen molar-refractivity contribution in [2.24, 2.45) is 0 Å². The van der Waals surface area contributed by atoms with Gasteiger partial charge < -0.3 is 19.6 Å². The average molecular weight is 350 g/mol. The molecular formula is C11H12FN2O8P. The Bertz CT molecular complexity index is 809. The summed E-state index contributed by atoms with van der Waals surface area (Å²) in [5.74, 6) is -5.36. The monoisotopic (exact) mass is 350 g/mol. The molecule has 12 heteroatoms. The average Bonchev–Trinajstić information content (AvgIpc) is 2.87. The quantitative estimate of drug-likeness (QED) is 0.395. The second-order valence-corrected chi connectivity index (χ2v) is 6.43. The van der Waals surface area contributed by atoms with E-state index in [0.29, 0.717) is 6.20 Å². The van der Waals surface area contributed by atoms with E-state index in [1.165, 1.54) is 12.2 Å². The Morgan fingerprint density at radius 3 is 2.65 bits per heavy atom. The van der Waals surface area contributed by atoms with Crippen LogP contribution in [-0.2, 0) is 14.1 Å². The zero-order valence-electron chi connectivity index (χ0n) is 11.3. The van der Waals surface area contributed by atoms with E-state index in [0.717, 1.165) is 4.57 Å². The number of nitrogens with one attached hydrogen (secondary N) is 1. The number of nitrogens with zero attached hydrogens (tertiary/aromatic N) is 1. The predicted octanol–water partition coefficient (Wildman–Crippen LogP) is -0.850. The number of hydrogen-bond acceptors (Lipinski definition) is 5. The second-order valence-electron chi connectivity index (χ2n) is 4.79. The minimum absolute atomic E-state index is 0.0603. The van der Waals surface area contributed by atoms with Crippen LogP contribution >= 0.6 is 7.60 Å². The molecular weight excluding hydrogens is 338 g/mol. The van der Waals surface area contributed by atoms with Gasteiger partial charge in [-0.3, -0.25) is 18.9 Å². The maximum absolute atomic E-state index is 13.2. The van der Waals surface area contributed by atoms with Crippen LogP contribution < -0.4 is 11.2 Å². The summed E-state index contributed by atoms with van der Waals surface area (Å²) in [7, 11) is -5.03. The first-order valence-electron chi connectivity index (χ1n) is 6.22. The van der Waals surface area contributed by atoms with Crippen LogP contribution in [0.5, 0.6) is 0 Å². The zero-order valence-corrected chi connectivity index (χ0v) is 12.2. The highest BCUT2D eigenvalue weighted by molar-refractivity contribution is 7.53. The first-order valence-corrected chi connectivity index (χ1v) is 7.90. The fourth-order valence-corrected chi connectivity index (χ4v) is 2.71. The van der Waals surface area contributed by atoms with Crippen molar-refractivity contribution in [3.63, 3.8) is 0 Å². The summed E-state index contributed by atoms with van der Waals surface area (Å²) in [5, 5.41) is 8.78. The van der Waals surface area contributed by atoms with Crippen LogP contribution in [0.1, 0.15) is 12.5 Å². The number of halogens is 1. The van der Waals surface area contributed by atoms with Crippen molar-refractivity contribution >= 4 is 13.6 Å². The van der Waals surface area contributed by atoms with Gasteiger partial charge in [0.2, 0.25) is 5.82 Å². The van der Waals surface area contributed by atoms with Gasteiger partial charge in [0.15, 0.2) is 0 Å². The van der Waals surface area contributed by atoms with Crippen LogP contribution in [-0.4, -0.2) is 42.4 Å². The summed E-state index contributed by atoms with van der Waals surface area (Å²) in [5.41, 5.74) is -2.05. The summed E-state index contributed by atoms with van der Waals surface area (Å²) < 4.78 is 30.0. The molecule has 1 aromatic heterocycles. The molecule has 0 aliphatic heterocycles. The Morgan fingerprint density at radius 1 is 1.43 bits per heavy atom. The minimum atomic E-state index is -5.03. The van der Waals surface area contributed by atoms with Crippen molar-refractivity contribution in [1.82, 2.24) is 9.55 Å². The molecule has 23 heavy (non-hydrogen) atoms. The van der Waals surface area contributed by atoms with E-state index >= 15 is 0 Å². The summed E-state index contributed by atoms with van der Waals surface area (Å²) >= 11 is 0. The van der Waals surface area contributed by atoms with E-state index in [-0.39, 0.29) is 6.42 Å². The van der Waals surface area contributed by atoms with Gasteiger partial charge in [0, 0.05) is 6.42 Å². The highest BCUT2D eigenvalue weighted by Gasteiger charge is 2.39. The van der Waals surface area contributed by atoms with Gasteiger partial charge >= 0.3 is 19.3 Å². The summed E-state index contributed by atoms with van der Waals surface area (Å²) in [6.45, 7) is 0. The molecule has 0 saturated heterocycles. The van der Waals surface area contributed by atoms with E-state index in [4.69, 9.17) is 19.6 Å². The Labute approximate surface area is 127 Å². The van der Waals surface area contributed by atoms with Crippen molar-refractivity contribution in [2.75, 3.05) is 0 Å². The maximum atomic E-state index is 13.2. The van der Waals surface area contributed by atoms with E-state index < -0.39 is 48.6 Å². The van der Waals surface area contributed by atoms with E-state index in [2.05, 4.69) is 0 Å². The van der Waals surface area contributed by atoms with E-state index in [9.17, 15) is 23.3 Å². The molecule has 0 saturated carbocycles. The number of aromatic amines is 1. The van der Waals surface area contributed by atoms with Crippen molar-refractivity contribution in [2.45, 2.75) is 24.4 Å². The third kappa shape index (κ3) is 3.82. The largest absolute Gasteiger partial charge is 0.479 e. The molecule has 0 aromatic carbocycles. The molecule has 0 amide bonds. The molecule has 0 radical (unpaired) electrons. The third-order valence-corrected chi connectivity index (χ3v) is 4.08. The van der Waals surface area contributed by atoms with Crippen molar-refractivity contribution < 1.29 is 33.4 Å². The molecule has 1 aliphatic carbocycles. The van der Waals surface area contributed by atoms with Crippen molar-refractivity contribution in [3.05, 3.63) is 45.0 Å². The molecule has 126 valence electrons. The van der Waals surface area contributed by atoms with E-state index in [1.807, 2.05) is 0 Å². The Balaban J connectivity index is 2.17. The lowest BCUT2D eigenvalue weighted by Gasteiger charge is -2.20. The number of carboxylic acid groups (broad SMARTS) is 1. The number of aliphatic carboxylic acids is 1. The van der Waals surface area contributed by atoms with Gasteiger partial charge in [-0.25, -0.2) is 9.59 Å². The fourth-order valence-electron chi connectivity index (χ4n) is 2.11. The highest BCUT2D eigenvalue weighted by atomic mass is 31.2. The summed E-state index contributed by atoms with van der Waals surface area (Å²) in [6, 6.07) is -0.759. The van der Waals surface area contributed by atoms with E-state index in [1.54, 1.807) is 4.98 Å². The number of allylic oxidation sites excluding steroid dienone is 1. The van der Waals surface area contributed by atoms with Crippen molar-refractivity contribution in [1.29, 1.82) is 0 Å². The van der Waals surface area contributed by atoms with Crippen LogP contribution in [0.4, 0.5) is 4.39 Å². The lowest BCUT2D eigenvalue weighted by atomic mass is 10.2. The van der Waals surface area contributed by atoms with Gasteiger partial charge in [-0.2, -0.15) is 4.39 Å². The summed E-state index contributed by atoms with van der Waals surface area (Å²) in [4.78, 5) is 53.1. The van der Waals surface area contributed by atoms with Gasteiger partial charge in [-0.1, -0.05) is 12.2 Å². The number of rotatable bonds is 5. The SMILES string of the molecule is O=C(O)C(OC1C=C[C@H](n2cc(F)c(=O)[nH]c2=O)C1)P(=O)(O)O. The normalized spacial score (nSPS) is 22.2. The Morgan fingerprint density at radius 2 is 2.09 bits per heavy atom. The van der Waals surface area contributed by atoms with Gasteiger partial charge in [0.25, 0.3) is 11.4 Å². The first-order chi connectivity index (χ1) is 10.6. The van der Waals surface area contributed by atoms with Crippen LogP contribution in [0.2, 0.25) is 0 Å². The maximum Gasteiger partial charge on any atom is 0.365 e. The van der Waals surface area contributed by atoms with Crippen LogP contribution in [0.25, 0.3) is 0 Å². The van der Waals surface area contributed by atoms with Crippen LogP contribution in [0, 0.1) is 5.82 Å². The molecule has 3 atom stereocenters. The molecule has 10 nitrogen and oxygen atoms in total. The third-order valence-electron chi connectivity index (χ3n) is 3.12.